The predicted octanol–water partition coefficient (Wildman–Crippen LogP) is -0.0306. The van der Waals surface area contributed by atoms with Crippen LogP contribution in [0.1, 0.15) is 18.5 Å². The van der Waals surface area contributed by atoms with Gasteiger partial charge < -0.3 is 15.7 Å². The van der Waals surface area contributed by atoms with Gasteiger partial charge in [-0.1, -0.05) is 0 Å². The van der Waals surface area contributed by atoms with Gasteiger partial charge >= 0.3 is 0 Å². The number of piperidine rings is 1. The van der Waals surface area contributed by atoms with Gasteiger partial charge in [0, 0.05) is 19.7 Å². The molecule has 17 heavy (non-hydrogen) atoms. The maximum atomic E-state index is 9.17. The van der Waals surface area contributed by atoms with Crippen LogP contribution in [0.2, 0.25) is 0 Å². The third kappa shape index (κ3) is 2.71. The van der Waals surface area contributed by atoms with Crippen LogP contribution in [-0.2, 0) is 0 Å². The highest BCUT2D eigenvalue weighted by Gasteiger charge is 2.20. The van der Waals surface area contributed by atoms with Crippen LogP contribution in [-0.4, -0.2) is 40.6 Å². The monoisotopic (exact) mass is 235 g/mol. The molecule has 0 aromatic carbocycles. The van der Waals surface area contributed by atoms with E-state index in [1.165, 1.54) is 6.20 Å². The molecule has 0 aliphatic carbocycles. The lowest BCUT2D eigenvalue weighted by molar-refractivity contribution is 0.208. The fraction of sp³-hybridized carbons (Fsp3) is 0.545. The van der Waals surface area contributed by atoms with Crippen LogP contribution in [0, 0.1) is 11.3 Å². The van der Waals surface area contributed by atoms with Crippen LogP contribution in [0.5, 0.6) is 0 Å². The Balaban J connectivity index is 2.08. The zero-order valence-corrected chi connectivity index (χ0v) is 9.63. The van der Waals surface area contributed by atoms with E-state index in [2.05, 4.69) is 14.9 Å². The molecular weight excluding hydrogens is 218 g/mol. The van der Waals surface area contributed by atoms with E-state index in [1.807, 2.05) is 0 Å². The van der Waals surface area contributed by atoms with Gasteiger partial charge in [-0.3, -0.25) is 5.41 Å². The van der Waals surface area contributed by atoms with Gasteiger partial charge in [0.05, 0.1) is 12.4 Å². The summed E-state index contributed by atoms with van der Waals surface area (Å²) in [5, 5.41) is 16.4. The summed E-state index contributed by atoms with van der Waals surface area (Å²) in [6, 6.07) is 0. The Kier molecular flexibility index (Phi) is 3.53. The van der Waals surface area contributed by atoms with Crippen molar-refractivity contribution in [2.75, 3.05) is 24.6 Å². The number of anilines is 1. The summed E-state index contributed by atoms with van der Waals surface area (Å²) in [6.45, 7) is 1.96. The van der Waals surface area contributed by atoms with Crippen LogP contribution in [0.15, 0.2) is 12.4 Å². The third-order valence-electron chi connectivity index (χ3n) is 3.02. The molecule has 92 valence electrons. The van der Waals surface area contributed by atoms with E-state index in [1.54, 1.807) is 6.20 Å². The van der Waals surface area contributed by atoms with Crippen molar-refractivity contribution < 1.29 is 5.11 Å². The molecule has 0 bridgehead atoms. The zero-order valence-electron chi connectivity index (χ0n) is 9.63. The van der Waals surface area contributed by atoms with E-state index in [4.69, 9.17) is 16.2 Å². The first kappa shape index (κ1) is 11.8. The maximum Gasteiger partial charge on any atom is 0.147 e. The smallest absolute Gasteiger partial charge is 0.147 e. The van der Waals surface area contributed by atoms with Crippen molar-refractivity contribution in [1.82, 2.24) is 9.97 Å². The van der Waals surface area contributed by atoms with Crippen molar-refractivity contribution in [1.29, 1.82) is 5.41 Å². The summed E-state index contributed by atoms with van der Waals surface area (Å²) in [7, 11) is 0. The maximum absolute atomic E-state index is 9.17. The summed E-state index contributed by atoms with van der Waals surface area (Å²) in [5.41, 5.74) is 5.71. The van der Waals surface area contributed by atoms with Gasteiger partial charge in [-0.25, -0.2) is 9.97 Å². The number of aromatic nitrogens is 2. The summed E-state index contributed by atoms with van der Waals surface area (Å²) < 4.78 is 0. The molecule has 0 amide bonds. The molecule has 1 fully saturated rings. The number of nitrogens with two attached hydrogens (primary N) is 1. The van der Waals surface area contributed by atoms with Crippen LogP contribution in [0.4, 0.5) is 5.82 Å². The van der Waals surface area contributed by atoms with E-state index >= 15 is 0 Å². The van der Waals surface area contributed by atoms with Gasteiger partial charge in [-0.15, -0.1) is 0 Å². The molecular formula is C11H17N5O. The zero-order chi connectivity index (χ0) is 12.3. The first-order valence-electron chi connectivity index (χ1n) is 5.73. The Hall–Kier alpha value is -1.69. The SMILES string of the molecule is N=C(N)c1cnc(N2CCCC(CO)C2)cn1. The lowest BCUT2D eigenvalue weighted by Crippen LogP contribution is -2.37. The fourth-order valence-electron chi connectivity index (χ4n) is 2.05. The van der Waals surface area contributed by atoms with Crippen molar-refractivity contribution in [3.63, 3.8) is 0 Å². The normalized spacial score (nSPS) is 20.3. The minimum absolute atomic E-state index is 0.0732. The number of aliphatic hydroxyl groups excluding tert-OH is 1. The molecule has 6 nitrogen and oxygen atoms in total. The third-order valence-corrected chi connectivity index (χ3v) is 3.02. The molecule has 0 radical (unpaired) electrons. The predicted molar refractivity (Wildman–Crippen MR) is 65.1 cm³/mol. The number of nitrogens with zero attached hydrogens (tertiary/aromatic N) is 3. The quantitative estimate of drug-likeness (QED) is 0.504. The molecule has 1 unspecified atom stereocenters. The molecule has 0 spiro atoms. The summed E-state index contributed by atoms with van der Waals surface area (Å²) >= 11 is 0. The van der Waals surface area contributed by atoms with Crippen LogP contribution in [0.25, 0.3) is 0 Å². The Morgan fingerprint density at radius 2 is 2.35 bits per heavy atom. The number of aliphatic hydroxyl groups is 1. The molecule has 1 atom stereocenters. The van der Waals surface area contributed by atoms with Crippen LogP contribution >= 0.6 is 0 Å². The van der Waals surface area contributed by atoms with Crippen molar-refractivity contribution in [2.45, 2.75) is 12.8 Å². The van der Waals surface area contributed by atoms with Crippen molar-refractivity contribution in [3.8, 4) is 0 Å². The van der Waals surface area contributed by atoms with E-state index in [-0.39, 0.29) is 12.4 Å². The average molecular weight is 235 g/mol. The standard InChI is InChI=1S/C11H17N5O/c12-11(13)9-4-15-10(5-14-9)16-3-1-2-8(6-16)7-17/h4-5,8,17H,1-3,6-7H2,(H3,12,13). The van der Waals surface area contributed by atoms with Gasteiger partial charge in [0.1, 0.15) is 17.3 Å². The lowest BCUT2D eigenvalue weighted by atomic mass is 9.99. The average Bonchev–Trinajstić information content (AvgIpc) is 2.39. The number of hydrogen-bond acceptors (Lipinski definition) is 5. The van der Waals surface area contributed by atoms with Crippen LogP contribution < -0.4 is 10.6 Å². The number of amidine groups is 1. The van der Waals surface area contributed by atoms with E-state index < -0.39 is 0 Å². The number of nitrogens with one attached hydrogen (secondary N) is 1. The second kappa shape index (κ2) is 5.09. The Morgan fingerprint density at radius 3 is 2.94 bits per heavy atom. The highest BCUT2D eigenvalue weighted by molar-refractivity contribution is 5.92. The Bertz CT molecular complexity index is 391. The lowest BCUT2D eigenvalue weighted by Gasteiger charge is -2.32. The molecule has 1 aliphatic rings. The fourth-order valence-corrected chi connectivity index (χ4v) is 2.05. The minimum atomic E-state index is -0.0732. The summed E-state index contributed by atoms with van der Waals surface area (Å²) in [5.74, 6) is 1.03. The van der Waals surface area contributed by atoms with Gasteiger partial charge in [0.2, 0.25) is 0 Å². The highest BCUT2D eigenvalue weighted by Crippen LogP contribution is 2.20. The molecule has 2 heterocycles. The van der Waals surface area contributed by atoms with Gasteiger partial charge in [-0.2, -0.15) is 0 Å². The van der Waals surface area contributed by atoms with E-state index in [0.717, 1.165) is 31.7 Å². The van der Waals surface area contributed by atoms with Crippen molar-refractivity contribution in [2.24, 2.45) is 11.7 Å². The highest BCUT2D eigenvalue weighted by atomic mass is 16.3. The van der Waals surface area contributed by atoms with E-state index in [9.17, 15) is 0 Å². The largest absolute Gasteiger partial charge is 0.396 e. The summed E-state index contributed by atoms with van der Waals surface area (Å²) in [6.07, 6.45) is 5.27. The molecule has 1 aromatic heterocycles. The second-order valence-electron chi connectivity index (χ2n) is 4.31. The molecule has 1 aromatic rings. The Labute approximate surface area is 100.0 Å². The Morgan fingerprint density at radius 1 is 1.53 bits per heavy atom. The van der Waals surface area contributed by atoms with Gasteiger partial charge in [-0.05, 0) is 18.8 Å². The van der Waals surface area contributed by atoms with Crippen molar-refractivity contribution >= 4 is 11.7 Å². The summed E-state index contributed by atoms with van der Waals surface area (Å²) in [4.78, 5) is 10.5. The second-order valence-corrected chi connectivity index (χ2v) is 4.31. The molecule has 1 aliphatic heterocycles. The molecule has 1 saturated heterocycles. The number of rotatable bonds is 3. The van der Waals surface area contributed by atoms with Crippen LogP contribution in [0.3, 0.4) is 0 Å². The molecule has 0 saturated carbocycles. The first-order valence-corrected chi connectivity index (χ1v) is 5.73. The minimum Gasteiger partial charge on any atom is -0.396 e. The first-order chi connectivity index (χ1) is 8.20. The van der Waals surface area contributed by atoms with E-state index in [0.29, 0.717) is 11.6 Å². The number of hydrogen-bond donors (Lipinski definition) is 3. The molecule has 2 rings (SSSR count). The van der Waals surface area contributed by atoms with Crippen molar-refractivity contribution in [3.05, 3.63) is 18.1 Å². The number of nitrogen functional groups attached to an aromatic ring is 1. The van der Waals surface area contributed by atoms with Gasteiger partial charge in [0.25, 0.3) is 0 Å². The molecule has 6 heteroatoms. The topological polar surface area (TPSA) is 99.1 Å². The molecule has 4 N–H and O–H groups in total. The van der Waals surface area contributed by atoms with Gasteiger partial charge in [0.15, 0.2) is 0 Å².